The standard InChI is InChI=1S/C12H6F4IN3/c13-6-3-8(14)11(9(15)4-6)20-19-5-7-10(17)1-2-18-12(7)16/h1-4H,5H2. The first kappa shape index (κ1) is 14.8. The van der Waals surface area contributed by atoms with Crippen LogP contribution < -0.4 is 0 Å². The number of aromatic nitrogens is 1. The first-order valence-electron chi connectivity index (χ1n) is 5.30. The molecule has 20 heavy (non-hydrogen) atoms. The fraction of sp³-hybridized carbons (Fsp3) is 0.0833. The highest BCUT2D eigenvalue weighted by Gasteiger charge is 2.11. The topological polar surface area (TPSA) is 37.6 Å². The molecule has 2 rings (SSSR count). The molecule has 0 radical (unpaired) electrons. The Morgan fingerprint density at radius 2 is 1.75 bits per heavy atom. The lowest BCUT2D eigenvalue weighted by Gasteiger charge is -2.01. The minimum absolute atomic E-state index is 0.166. The maximum absolute atomic E-state index is 13.4. The lowest BCUT2D eigenvalue weighted by atomic mass is 10.3. The number of azo groups is 1. The molecule has 1 aromatic carbocycles. The molecule has 0 fully saturated rings. The smallest absolute Gasteiger partial charge is 0.219 e. The van der Waals surface area contributed by atoms with Crippen LogP contribution in [0.1, 0.15) is 5.56 Å². The maximum atomic E-state index is 13.4. The summed E-state index contributed by atoms with van der Waals surface area (Å²) in [5.41, 5.74) is -0.550. The Hall–Kier alpha value is -1.58. The fourth-order valence-electron chi connectivity index (χ4n) is 1.39. The molecule has 0 saturated heterocycles. The molecule has 0 amide bonds. The molecule has 3 nitrogen and oxygen atoms in total. The summed E-state index contributed by atoms with van der Waals surface area (Å²) < 4.78 is 53.2. The minimum Gasteiger partial charge on any atom is -0.228 e. The summed E-state index contributed by atoms with van der Waals surface area (Å²) in [6, 6.07) is 2.55. The van der Waals surface area contributed by atoms with E-state index in [9.17, 15) is 17.6 Å². The molecule has 2 aromatic rings. The third kappa shape index (κ3) is 3.30. The Morgan fingerprint density at radius 3 is 2.35 bits per heavy atom. The van der Waals surface area contributed by atoms with Gasteiger partial charge in [-0.3, -0.25) is 0 Å². The van der Waals surface area contributed by atoms with Gasteiger partial charge in [0.25, 0.3) is 0 Å². The van der Waals surface area contributed by atoms with Crippen molar-refractivity contribution in [3.63, 3.8) is 0 Å². The van der Waals surface area contributed by atoms with Crippen LogP contribution in [-0.2, 0) is 6.54 Å². The summed E-state index contributed by atoms with van der Waals surface area (Å²) in [5, 5.41) is 6.86. The second-order valence-corrected chi connectivity index (χ2v) is 4.84. The predicted octanol–water partition coefficient (Wildman–Crippen LogP) is 4.53. The first-order chi connectivity index (χ1) is 9.49. The molecule has 0 spiro atoms. The highest BCUT2D eigenvalue weighted by Crippen LogP contribution is 2.24. The first-order valence-corrected chi connectivity index (χ1v) is 6.38. The maximum Gasteiger partial charge on any atom is 0.219 e. The lowest BCUT2D eigenvalue weighted by Crippen LogP contribution is -1.95. The molecule has 0 bridgehead atoms. The van der Waals surface area contributed by atoms with Gasteiger partial charge in [0.2, 0.25) is 5.95 Å². The van der Waals surface area contributed by atoms with Crippen LogP contribution in [0.3, 0.4) is 0 Å². The number of rotatable bonds is 3. The number of hydrogen-bond acceptors (Lipinski definition) is 3. The van der Waals surface area contributed by atoms with Crippen molar-refractivity contribution in [1.29, 1.82) is 0 Å². The van der Waals surface area contributed by atoms with Gasteiger partial charge in [0.15, 0.2) is 17.3 Å². The van der Waals surface area contributed by atoms with Crippen molar-refractivity contribution in [2.24, 2.45) is 10.2 Å². The van der Waals surface area contributed by atoms with Crippen LogP contribution in [0.4, 0.5) is 23.2 Å². The molecule has 0 saturated carbocycles. The average molecular weight is 395 g/mol. The molecule has 104 valence electrons. The SMILES string of the molecule is Fc1cc(F)c(N=NCc2c(I)ccnc2F)c(F)c1. The number of nitrogens with zero attached hydrogens (tertiary/aromatic N) is 3. The van der Waals surface area contributed by atoms with Gasteiger partial charge < -0.3 is 0 Å². The number of benzene rings is 1. The highest BCUT2D eigenvalue weighted by atomic mass is 127. The van der Waals surface area contributed by atoms with Crippen LogP contribution >= 0.6 is 22.6 Å². The third-order valence-electron chi connectivity index (χ3n) is 2.33. The highest BCUT2D eigenvalue weighted by molar-refractivity contribution is 14.1. The zero-order valence-electron chi connectivity index (χ0n) is 9.75. The van der Waals surface area contributed by atoms with Gasteiger partial charge in [0, 0.05) is 27.5 Å². The molecule has 0 N–H and O–H groups in total. The summed E-state index contributed by atoms with van der Waals surface area (Å²) in [7, 11) is 0. The summed E-state index contributed by atoms with van der Waals surface area (Å²) in [6.45, 7) is -0.228. The van der Waals surface area contributed by atoms with E-state index in [4.69, 9.17) is 0 Å². The van der Waals surface area contributed by atoms with Gasteiger partial charge in [-0.15, -0.1) is 5.11 Å². The van der Waals surface area contributed by atoms with Gasteiger partial charge in [-0.25, -0.2) is 18.2 Å². The zero-order valence-corrected chi connectivity index (χ0v) is 11.9. The van der Waals surface area contributed by atoms with Crippen LogP contribution in [0.2, 0.25) is 0 Å². The van der Waals surface area contributed by atoms with Crippen LogP contribution in [0.5, 0.6) is 0 Å². The molecule has 0 aliphatic rings. The number of hydrogen-bond donors (Lipinski definition) is 0. The van der Waals surface area contributed by atoms with E-state index in [-0.39, 0.29) is 12.1 Å². The monoisotopic (exact) mass is 395 g/mol. The van der Waals surface area contributed by atoms with Gasteiger partial charge in [-0.05, 0) is 28.7 Å². The van der Waals surface area contributed by atoms with E-state index in [2.05, 4.69) is 15.2 Å². The van der Waals surface area contributed by atoms with Crippen molar-refractivity contribution in [2.75, 3.05) is 0 Å². The van der Waals surface area contributed by atoms with E-state index in [1.54, 1.807) is 6.07 Å². The van der Waals surface area contributed by atoms with E-state index in [1.807, 2.05) is 22.6 Å². The van der Waals surface area contributed by atoms with Gasteiger partial charge >= 0.3 is 0 Å². The predicted molar refractivity (Wildman–Crippen MR) is 71.4 cm³/mol. The molecule has 0 atom stereocenters. The Morgan fingerprint density at radius 1 is 1.10 bits per heavy atom. The van der Waals surface area contributed by atoms with Gasteiger partial charge in [-0.1, -0.05) is 0 Å². The summed E-state index contributed by atoms with van der Waals surface area (Å²) in [5.74, 6) is -4.12. The summed E-state index contributed by atoms with van der Waals surface area (Å²) >= 11 is 1.88. The van der Waals surface area contributed by atoms with Crippen molar-refractivity contribution < 1.29 is 17.6 Å². The van der Waals surface area contributed by atoms with Crippen LogP contribution in [0, 0.1) is 27.0 Å². The van der Waals surface area contributed by atoms with E-state index in [1.165, 1.54) is 6.20 Å². The summed E-state index contributed by atoms with van der Waals surface area (Å²) in [4.78, 5) is 3.44. The van der Waals surface area contributed by atoms with Crippen molar-refractivity contribution >= 4 is 28.3 Å². The van der Waals surface area contributed by atoms with E-state index >= 15 is 0 Å². The van der Waals surface area contributed by atoms with Crippen molar-refractivity contribution in [1.82, 2.24) is 4.98 Å². The molecule has 1 heterocycles. The second kappa shape index (κ2) is 6.25. The van der Waals surface area contributed by atoms with Crippen molar-refractivity contribution in [2.45, 2.75) is 6.54 Å². The normalized spacial score (nSPS) is 11.2. The molecular formula is C12H6F4IN3. The molecule has 1 aromatic heterocycles. The molecule has 0 aliphatic carbocycles. The summed E-state index contributed by atoms with van der Waals surface area (Å²) in [6.07, 6.45) is 1.29. The van der Waals surface area contributed by atoms with Gasteiger partial charge in [0.05, 0.1) is 6.54 Å². The van der Waals surface area contributed by atoms with E-state index in [0.29, 0.717) is 15.7 Å². The van der Waals surface area contributed by atoms with E-state index < -0.39 is 29.1 Å². The zero-order chi connectivity index (χ0) is 14.7. The quantitative estimate of drug-likeness (QED) is 0.326. The molecule has 0 unspecified atom stereocenters. The Labute approximate surface area is 124 Å². The molecule has 8 heteroatoms. The van der Waals surface area contributed by atoms with Crippen molar-refractivity contribution in [3.8, 4) is 0 Å². The van der Waals surface area contributed by atoms with Crippen LogP contribution in [-0.4, -0.2) is 4.98 Å². The van der Waals surface area contributed by atoms with Crippen LogP contribution in [0.15, 0.2) is 34.6 Å². The number of pyridine rings is 1. The Bertz CT molecular complexity index is 632. The van der Waals surface area contributed by atoms with Gasteiger partial charge in [0.1, 0.15) is 5.82 Å². The fourth-order valence-corrected chi connectivity index (χ4v) is 1.95. The van der Waals surface area contributed by atoms with Crippen molar-refractivity contribution in [3.05, 3.63) is 56.9 Å². The average Bonchev–Trinajstić information content (AvgIpc) is 2.35. The molecular weight excluding hydrogens is 389 g/mol. The second-order valence-electron chi connectivity index (χ2n) is 3.68. The Balaban J connectivity index is 2.23. The van der Waals surface area contributed by atoms with Crippen LogP contribution in [0.25, 0.3) is 0 Å². The molecule has 0 aliphatic heterocycles. The van der Waals surface area contributed by atoms with E-state index in [0.717, 1.165) is 0 Å². The van der Waals surface area contributed by atoms with Gasteiger partial charge in [-0.2, -0.15) is 9.50 Å². The lowest BCUT2D eigenvalue weighted by molar-refractivity contribution is 0.543. The minimum atomic E-state index is -1.17. The third-order valence-corrected chi connectivity index (χ3v) is 3.34. The number of halogens is 5. The Kier molecular flexibility index (Phi) is 4.63. The largest absolute Gasteiger partial charge is 0.228 e.